The highest BCUT2D eigenvalue weighted by Crippen LogP contribution is 2.28. The Morgan fingerprint density at radius 3 is 2.64 bits per heavy atom. The summed E-state index contributed by atoms with van der Waals surface area (Å²) in [5.74, 6) is 1.33. The van der Waals surface area contributed by atoms with Gasteiger partial charge in [0.25, 0.3) is 0 Å². The Morgan fingerprint density at radius 1 is 1.12 bits per heavy atom. The third-order valence-corrected chi connectivity index (χ3v) is 4.93. The summed E-state index contributed by atoms with van der Waals surface area (Å²) in [5.41, 5.74) is 4.78. The minimum atomic E-state index is 0.542. The highest BCUT2D eigenvalue weighted by molar-refractivity contribution is 5.53. The van der Waals surface area contributed by atoms with Crippen LogP contribution in [-0.2, 0) is 6.54 Å². The number of aryl methyl sites for hydroxylation is 1. The number of nitrogens with one attached hydrogen (secondary N) is 1. The summed E-state index contributed by atoms with van der Waals surface area (Å²) < 4.78 is 0. The van der Waals surface area contributed by atoms with Gasteiger partial charge in [-0.15, -0.1) is 0 Å². The highest BCUT2D eigenvalue weighted by Gasteiger charge is 2.23. The molecular formula is C20H23N5. The molecule has 128 valence electrons. The second kappa shape index (κ2) is 7.15. The number of H-pyrrole nitrogens is 1. The fourth-order valence-corrected chi connectivity index (χ4v) is 3.64. The van der Waals surface area contributed by atoms with Gasteiger partial charge in [0.2, 0.25) is 0 Å². The van der Waals surface area contributed by atoms with E-state index in [0.29, 0.717) is 5.92 Å². The molecule has 2 aromatic heterocycles. The molecule has 1 fully saturated rings. The highest BCUT2D eigenvalue weighted by atomic mass is 15.2. The third kappa shape index (κ3) is 3.61. The van der Waals surface area contributed by atoms with E-state index in [1.165, 1.54) is 29.7 Å². The minimum absolute atomic E-state index is 0.542. The standard InChI is InChI=1S/C20H23N5/c1-15-10-23-24-19(15)18-8-5-9-25(14-18)13-16-11-21-20(22-12-16)17-6-3-2-4-7-17/h2-4,6-7,10-12,18H,5,8-9,13-14H2,1H3,(H,23,24). The molecule has 0 radical (unpaired) electrons. The number of piperidine rings is 1. The molecule has 0 amide bonds. The predicted molar refractivity (Wildman–Crippen MR) is 98.0 cm³/mol. The lowest BCUT2D eigenvalue weighted by Gasteiger charge is -2.32. The van der Waals surface area contributed by atoms with Gasteiger partial charge in [-0.1, -0.05) is 30.3 Å². The number of likely N-dealkylation sites (tertiary alicyclic amines) is 1. The Balaban J connectivity index is 1.42. The lowest BCUT2D eigenvalue weighted by molar-refractivity contribution is 0.198. The first-order valence-corrected chi connectivity index (χ1v) is 8.88. The average molecular weight is 333 g/mol. The molecule has 0 aliphatic carbocycles. The van der Waals surface area contributed by atoms with Gasteiger partial charge in [-0.25, -0.2) is 9.97 Å². The van der Waals surface area contributed by atoms with Gasteiger partial charge in [0.05, 0.1) is 6.20 Å². The zero-order chi connectivity index (χ0) is 17.1. The number of hydrogen-bond donors (Lipinski definition) is 1. The van der Waals surface area contributed by atoms with Gasteiger partial charge in [-0.05, 0) is 31.9 Å². The van der Waals surface area contributed by atoms with Crippen LogP contribution in [0, 0.1) is 6.92 Å². The Hall–Kier alpha value is -2.53. The van der Waals surface area contributed by atoms with Crippen molar-refractivity contribution in [3.63, 3.8) is 0 Å². The Labute approximate surface area is 148 Å². The summed E-state index contributed by atoms with van der Waals surface area (Å²) >= 11 is 0. The van der Waals surface area contributed by atoms with E-state index in [1.807, 2.05) is 48.9 Å². The van der Waals surface area contributed by atoms with Crippen molar-refractivity contribution < 1.29 is 0 Å². The average Bonchev–Trinajstić information content (AvgIpc) is 3.09. The van der Waals surface area contributed by atoms with Crippen LogP contribution in [0.25, 0.3) is 11.4 Å². The van der Waals surface area contributed by atoms with E-state index in [-0.39, 0.29) is 0 Å². The molecule has 3 heterocycles. The van der Waals surface area contributed by atoms with E-state index in [0.717, 1.165) is 31.0 Å². The molecule has 1 saturated heterocycles. The number of rotatable bonds is 4. The first-order valence-electron chi connectivity index (χ1n) is 8.88. The van der Waals surface area contributed by atoms with E-state index in [1.54, 1.807) is 0 Å². The minimum Gasteiger partial charge on any atom is -0.298 e. The van der Waals surface area contributed by atoms with Gasteiger partial charge >= 0.3 is 0 Å². The van der Waals surface area contributed by atoms with Crippen molar-refractivity contribution in [2.75, 3.05) is 13.1 Å². The van der Waals surface area contributed by atoms with Crippen molar-refractivity contribution in [2.45, 2.75) is 32.2 Å². The summed E-state index contributed by atoms with van der Waals surface area (Å²) in [6.07, 6.45) is 8.28. The molecule has 1 aliphatic rings. The molecule has 0 saturated carbocycles. The van der Waals surface area contributed by atoms with Gasteiger partial charge < -0.3 is 0 Å². The molecule has 1 aromatic carbocycles. The van der Waals surface area contributed by atoms with Gasteiger partial charge in [0.15, 0.2) is 5.82 Å². The number of benzene rings is 1. The maximum atomic E-state index is 4.54. The largest absolute Gasteiger partial charge is 0.298 e. The number of aromatic nitrogens is 4. The van der Waals surface area contributed by atoms with E-state index in [9.17, 15) is 0 Å². The Morgan fingerprint density at radius 2 is 1.92 bits per heavy atom. The molecule has 1 aliphatic heterocycles. The smallest absolute Gasteiger partial charge is 0.159 e. The van der Waals surface area contributed by atoms with Gasteiger partial charge in [0, 0.05) is 48.2 Å². The maximum absolute atomic E-state index is 4.54. The molecule has 5 nitrogen and oxygen atoms in total. The SMILES string of the molecule is Cc1cn[nH]c1C1CCCN(Cc2cnc(-c3ccccc3)nc2)C1. The van der Waals surface area contributed by atoms with Gasteiger partial charge in [0.1, 0.15) is 0 Å². The first-order chi connectivity index (χ1) is 12.3. The summed E-state index contributed by atoms with van der Waals surface area (Å²) in [5, 5.41) is 7.36. The quantitative estimate of drug-likeness (QED) is 0.793. The topological polar surface area (TPSA) is 57.7 Å². The zero-order valence-electron chi connectivity index (χ0n) is 14.5. The van der Waals surface area contributed by atoms with Crippen molar-refractivity contribution in [2.24, 2.45) is 0 Å². The first kappa shape index (κ1) is 16.0. The molecule has 0 bridgehead atoms. The van der Waals surface area contributed by atoms with Crippen molar-refractivity contribution in [3.05, 3.63) is 65.7 Å². The van der Waals surface area contributed by atoms with E-state index >= 15 is 0 Å². The molecular weight excluding hydrogens is 310 g/mol. The summed E-state index contributed by atoms with van der Waals surface area (Å²) in [6.45, 7) is 5.22. The molecule has 25 heavy (non-hydrogen) atoms. The van der Waals surface area contributed by atoms with Crippen LogP contribution >= 0.6 is 0 Å². The van der Waals surface area contributed by atoms with Crippen LogP contribution in [0.15, 0.2) is 48.9 Å². The number of aromatic amines is 1. The van der Waals surface area contributed by atoms with Crippen LogP contribution in [0.1, 0.15) is 35.6 Å². The zero-order valence-corrected chi connectivity index (χ0v) is 14.5. The van der Waals surface area contributed by atoms with Gasteiger partial charge in [-0.2, -0.15) is 5.10 Å². The molecule has 3 aromatic rings. The van der Waals surface area contributed by atoms with Crippen LogP contribution in [0.3, 0.4) is 0 Å². The van der Waals surface area contributed by atoms with Crippen LogP contribution in [0.4, 0.5) is 0 Å². The van der Waals surface area contributed by atoms with Gasteiger partial charge in [-0.3, -0.25) is 10.00 Å². The van der Waals surface area contributed by atoms with Crippen molar-refractivity contribution in [1.29, 1.82) is 0 Å². The van der Waals surface area contributed by atoms with E-state index in [2.05, 4.69) is 32.0 Å². The maximum Gasteiger partial charge on any atom is 0.159 e. The normalized spacial score (nSPS) is 18.4. The van der Waals surface area contributed by atoms with Crippen molar-refractivity contribution in [3.8, 4) is 11.4 Å². The third-order valence-electron chi connectivity index (χ3n) is 4.93. The van der Waals surface area contributed by atoms with Crippen molar-refractivity contribution >= 4 is 0 Å². The van der Waals surface area contributed by atoms with Crippen LogP contribution < -0.4 is 0 Å². The monoisotopic (exact) mass is 333 g/mol. The summed E-state index contributed by atoms with van der Waals surface area (Å²) in [7, 11) is 0. The van der Waals surface area contributed by atoms with Crippen LogP contribution in [0.5, 0.6) is 0 Å². The second-order valence-corrected chi connectivity index (χ2v) is 6.82. The lowest BCUT2D eigenvalue weighted by Crippen LogP contribution is -2.34. The summed E-state index contributed by atoms with van der Waals surface area (Å²) in [4.78, 5) is 11.6. The van der Waals surface area contributed by atoms with E-state index in [4.69, 9.17) is 0 Å². The molecule has 4 rings (SSSR count). The number of nitrogens with zero attached hydrogens (tertiary/aromatic N) is 4. The summed E-state index contributed by atoms with van der Waals surface area (Å²) in [6, 6.07) is 10.1. The molecule has 0 spiro atoms. The van der Waals surface area contributed by atoms with Crippen LogP contribution in [0.2, 0.25) is 0 Å². The molecule has 5 heteroatoms. The Kier molecular flexibility index (Phi) is 4.57. The molecule has 1 unspecified atom stereocenters. The predicted octanol–water partition coefficient (Wildman–Crippen LogP) is 3.55. The van der Waals surface area contributed by atoms with Crippen LogP contribution in [-0.4, -0.2) is 38.2 Å². The number of hydrogen-bond acceptors (Lipinski definition) is 4. The fraction of sp³-hybridized carbons (Fsp3) is 0.350. The molecule has 1 N–H and O–H groups in total. The second-order valence-electron chi connectivity index (χ2n) is 6.82. The fourth-order valence-electron chi connectivity index (χ4n) is 3.64. The lowest BCUT2D eigenvalue weighted by atomic mass is 9.93. The molecule has 1 atom stereocenters. The Bertz CT molecular complexity index is 810. The van der Waals surface area contributed by atoms with E-state index < -0.39 is 0 Å². The van der Waals surface area contributed by atoms with Crippen molar-refractivity contribution in [1.82, 2.24) is 25.1 Å².